The van der Waals surface area contributed by atoms with E-state index in [1.807, 2.05) is 6.07 Å². The van der Waals surface area contributed by atoms with Gasteiger partial charge < -0.3 is 14.1 Å². The Labute approximate surface area is 192 Å². The summed E-state index contributed by atoms with van der Waals surface area (Å²) in [5.74, 6) is 1.44. The van der Waals surface area contributed by atoms with Gasteiger partial charge in [-0.05, 0) is 43.6 Å². The van der Waals surface area contributed by atoms with Gasteiger partial charge in [0.05, 0.1) is 30.3 Å². The molecular formula is C20H27N5O5S2. The van der Waals surface area contributed by atoms with Gasteiger partial charge in [0.1, 0.15) is 5.82 Å². The highest BCUT2D eigenvalue weighted by Gasteiger charge is 2.29. The number of pyridine rings is 1. The number of hydrogen-bond donors (Lipinski definition) is 0. The molecule has 12 heteroatoms. The average Bonchev–Trinajstić information content (AvgIpc) is 3.29. The van der Waals surface area contributed by atoms with Crippen molar-refractivity contribution in [3.63, 3.8) is 0 Å². The number of nitrogens with zero attached hydrogens (tertiary/aromatic N) is 5. The smallest absolute Gasteiger partial charge is 0.339 e. The van der Waals surface area contributed by atoms with Gasteiger partial charge in [0.25, 0.3) is 4.84 Å². The Hall–Kier alpha value is -2.31. The number of aromatic nitrogens is 3. The van der Waals surface area contributed by atoms with Crippen LogP contribution in [-0.2, 0) is 27.7 Å². The SMILES string of the molecule is CCOC(=O)c1ccc(N2CCN(Cn3nc(C[C@H]4CCS(=O)(=O)C4)oc3=S)CC2)nc1. The van der Waals surface area contributed by atoms with Crippen molar-refractivity contribution in [2.24, 2.45) is 5.92 Å². The van der Waals surface area contributed by atoms with Gasteiger partial charge in [-0.15, -0.1) is 5.10 Å². The maximum Gasteiger partial charge on any atom is 0.339 e. The van der Waals surface area contributed by atoms with E-state index in [2.05, 4.69) is 19.9 Å². The minimum atomic E-state index is -2.92. The molecule has 2 fully saturated rings. The van der Waals surface area contributed by atoms with E-state index in [-0.39, 0.29) is 23.4 Å². The van der Waals surface area contributed by atoms with Gasteiger partial charge >= 0.3 is 5.97 Å². The third-order valence-corrected chi connectivity index (χ3v) is 7.86. The summed E-state index contributed by atoms with van der Waals surface area (Å²) in [4.78, 5) is 20.9. The third kappa shape index (κ3) is 5.54. The molecule has 0 aliphatic carbocycles. The van der Waals surface area contributed by atoms with Crippen LogP contribution in [0.3, 0.4) is 0 Å². The molecule has 0 aromatic carbocycles. The van der Waals surface area contributed by atoms with E-state index in [1.165, 1.54) is 0 Å². The van der Waals surface area contributed by atoms with E-state index in [1.54, 1.807) is 23.9 Å². The molecule has 4 rings (SSSR count). The monoisotopic (exact) mass is 481 g/mol. The van der Waals surface area contributed by atoms with Crippen LogP contribution in [0, 0.1) is 10.8 Å². The van der Waals surface area contributed by atoms with Crippen LogP contribution < -0.4 is 4.90 Å². The average molecular weight is 482 g/mol. The van der Waals surface area contributed by atoms with E-state index in [0.29, 0.717) is 42.4 Å². The molecule has 174 valence electrons. The third-order valence-electron chi connectivity index (χ3n) is 5.73. The number of piperazine rings is 1. The molecule has 2 aromatic rings. The number of anilines is 1. The van der Waals surface area contributed by atoms with Crippen LogP contribution in [-0.4, -0.2) is 78.3 Å². The molecule has 1 atom stereocenters. The Morgan fingerprint density at radius 2 is 2.06 bits per heavy atom. The van der Waals surface area contributed by atoms with Crippen LogP contribution >= 0.6 is 12.2 Å². The minimum Gasteiger partial charge on any atom is -0.462 e. The highest BCUT2D eigenvalue weighted by molar-refractivity contribution is 7.91. The number of carbonyl (C=O) groups excluding carboxylic acids is 1. The zero-order chi connectivity index (χ0) is 22.7. The van der Waals surface area contributed by atoms with Crippen molar-refractivity contribution in [1.82, 2.24) is 19.7 Å². The lowest BCUT2D eigenvalue weighted by Crippen LogP contribution is -2.47. The van der Waals surface area contributed by atoms with Crippen LogP contribution in [0.2, 0.25) is 0 Å². The Morgan fingerprint density at radius 3 is 2.69 bits per heavy atom. The minimum absolute atomic E-state index is 0.0489. The summed E-state index contributed by atoms with van der Waals surface area (Å²) in [6.45, 7) is 5.79. The summed E-state index contributed by atoms with van der Waals surface area (Å²) in [5.41, 5.74) is 0.445. The molecule has 2 aliphatic rings. The van der Waals surface area contributed by atoms with Crippen LogP contribution in [0.15, 0.2) is 22.7 Å². The van der Waals surface area contributed by atoms with Crippen LogP contribution in [0.1, 0.15) is 29.6 Å². The molecule has 2 saturated heterocycles. The number of carbonyl (C=O) groups is 1. The summed E-state index contributed by atoms with van der Waals surface area (Å²) < 4.78 is 35.6. The zero-order valence-corrected chi connectivity index (χ0v) is 19.6. The van der Waals surface area contributed by atoms with Gasteiger partial charge in [-0.1, -0.05) is 0 Å². The standard InChI is InChI=1S/C20H27N5O5S2/c1-2-29-19(26)16-3-4-17(21-12-16)24-8-6-23(7-9-24)14-25-20(31)30-18(22-25)11-15-5-10-32(27,28)13-15/h3-4,12,15H,2,5-11,13-14H2,1H3/t15-/m1/s1. The first kappa shape index (κ1) is 22.9. The predicted octanol–water partition coefficient (Wildman–Crippen LogP) is 1.53. The maximum absolute atomic E-state index is 11.8. The van der Waals surface area contributed by atoms with Gasteiger partial charge in [0.2, 0.25) is 5.89 Å². The van der Waals surface area contributed by atoms with Crippen molar-refractivity contribution in [2.45, 2.75) is 26.4 Å². The van der Waals surface area contributed by atoms with E-state index < -0.39 is 9.84 Å². The second kappa shape index (κ2) is 9.67. The Morgan fingerprint density at radius 1 is 1.28 bits per heavy atom. The number of rotatable bonds is 7. The van der Waals surface area contributed by atoms with Crippen molar-refractivity contribution in [2.75, 3.05) is 49.2 Å². The zero-order valence-electron chi connectivity index (χ0n) is 18.0. The molecular weight excluding hydrogens is 454 g/mol. The molecule has 0 N–H and O–H groups in total. The van der Waals surface area contributed by atoms with Crippen LogP contribution in [0.5, 0.6) is 0 Å². The number of esters is 1. The number of ether oxygens (including phenoxy) is 1. The fourth-order valence-electron chi connectivity index (χ4n) is 4.02. The Balaban J connectivity index is 1.29. The first-order valence-corrected chi connectivity index (χ1v) is 12.9. The maximum atomic E-state index is 11.8. The van der Waals surface area contributed by atoms with E-state index in [9.17, 15) is 13.2 Å². The largest absolute Gasteiger partial charge is 0.462 e. The molecule has 10 nitrogen and oxygen atoms in total. The molecule has 0 bridgehead atoms. The first-order valence-electron chi connectivity index (χ1n) is 10.7. The van der Waals surface area contributed by atoms with E-state index in [0.717, 1.165) is 32.0 Å². The molecule has 0 spiro atoms. The van der Waals surface area contributed by atoms with Crippen molar-refractivity contribution < 1.29 is 22.4 Å². The van der Waals surface area contributed by atoms with Crippen molar-refractivity contribution in [1.29, 1.82) is 0 Å². The molecule has 2 aliphatic heterocycles. The van der Waals surface area contributed by atoms with E-state index >= 15 is 0 Å². The number of hydrogen-bond acceptors (Lipinski definition) is 10. The summed E-state index contributed by atoms with van der Waals surface area (Å²) in [6.07, 6.45) is 2.69. The summed E-state index contributed by atoms with van der Waals surface area (Å²) in [5, 5.41) is 4.47. The van der Waals surface area contributed by atoms with Crippen molar-refractivity contribution >= 4 is 33.8 Å². The summed E-state index contributed by atoms with van der Waals surface area (Å²) >= 11 is 5.31. The Bertz CT molecular complexity index is 1100. The topological polar surface area (TPSA) is 111 Å². The summed E-state index contributed by atoms with van der Waals surface area (Å²) in [7, 11) is -2.92. The second-order valence-corrected chi connectivity index (χ2v) is 10.7. The quantitative estimate of drug-likeness (QED) is 0.426. The summed E-state index contributed by atoms with van der Waals surface area (Å²) in [6, 6.07) is 3.57. The fourth-order valence-corrected chi connectivity index (χ4v) is 6.07. The Kier molecular flexibility index (Phi) is 6.91. The lowest BCUT2D eigenvalue weighted by Gasteiger charge is -2.35. The van der Waals surface area contributed by atoms with Crippen molar-refractivity contribution in [3.05, 3.63) is 34.6 Å². The fraction of sp³-hybridized carbons (Fsp3) is 0.600. The first-order chi connectivity index (χ1) is 15.3. The van der Waals surface area contributed by atoms with Gasteiger partial charge in [-0.3, -0.25) is 4.90 Å². The van der Waals surface area contributed by atoms with Crippen molar-refractivity contribution in [3.8, 4) is 0 Å². The molecule has 0 amide bonds. The predicted molar refractivity (Wildman–Crippen MR) is 120 cm³/mol. The van der Waals surface area contributed by atoms with E-state index in [4.69, 9.17) is 21.4 Å². The van der Waals surface area contributed by atoms with Gasteiger partial charge in [0, 0.05) is 38.8 Å². The molecule has 32 heavy (non-hydrogen) atoms. The second-order valence-electron chi connectivity index (χ2n) is 8.11. The highest BCUT2D eigenvalue weighted by Crippen LogP contribution is 2.22. The molecule has 0 unspecified atom stereocenters. The molecule has 0 saturated carbocycles. The van der Waals surface area contributed by atoms with Crippen LogP contribution in [0.4, 0.5) is 5.82 Å². The molecule has 4 heterocycles. The van der Waals surface area contributed by atoms with Gasteiger partial charge in [0.15, 0.2) is 9.84 Å². The lowest BCUT2D eigenvalue weighted by molar-refractivity contribution is 0.0526. The normalized spacial score (nSPS) is 21.0. The van der Waals surface area contributed by atoms with Gasteiger partial charge in [-0.2, -0.15) is 0 Å². The van der Waals surface area contributed by atoms with Crippen LogP contribution in [0.25, 0.3) is 0 Å². The lowest BCUT2D eigenvalue weighted by atomic mass is 10.1. The highest BCUT2D eigenvalue weighted by atomic mass is 32.2. The molecule has 0 radical (unpaired) electrons. The van der Waals surface area contributed by atoms with Gasteiger partial charge in [-0.25, -0.2) is 22.9 Å². The number of sulfone groups is 1. The molecule has 2 aromatic heterocycles.